The average Bonchev–Trinajstić information content (AvgIpc) is 2.78. The highest BCUT2D eigenvalue weighted by molar-refractivity contribution is 6.05. The molecule has 2 atom stereocenters. The van der Waals surface area contributed by atoms with Crippen molar-refractivity contribution in [2.75, 3.05) is 7.11 Å². The van der Waals surface area contributed by atoms with Crippen LogP contribution < -0.4 is 9.47 Å². The van der Waals surface area contributed by atoms with Gasteiger partial charge in [-0.3, -0.25) is 4.79 Å². The van der Waals surface area contributed by atoms with E-state index in [0.29, 0.717) is 17.1 Å². The summed E-state index contributed by atoms with van der Waals surface area (Å²) in [6.45, 7) is 0. The lowest BCUT2D eigenvalue weighted by atomic mass is 9.79. The molecule has 30 heavy (non-hydrogen) atoms. The first-order valence-electron chi connectivity index (χ1n) is 9.82. The molecule has 1 aliphatic heterocycles. The van der Waals surface area contributed by atoms with Crippen LogP contribution in [0.3, 0.4) is 0 Å². The van der Waals surface area contributed by atoms with Crippen LogP contribution in [0.15, 0.2) is 84.9 Å². The number of benzene rings is 4. The number of ether oxygens (including phenoxy) is 2. The molecule has 1 heterocycles. The summed E-state index contributed by atoms with van der Waals surface area (Å²) in [6.07, 6.45) is -0.561. The molecule has 1 N–H and O–H groups in total. The first-order chi connectivity index (χ1) is 14.7. The van der Waals surface area contributed by atoms with Crippen LogP contribution in [-0.4, -0.2) is 18.0 Å². The lowest BCUT2D eigenvalue weighted by Crippen LogP contribution is -2.30. The number of methoxy groups -OCH3 is 1. The van der Waals surface area contributed by atoms with Crippen molar-refractivity contribution in [3.63, 3.8) is 0 Å². The molecule has 0 bridgehead atoms. The Morgan fingerprint density at radius 3 is 2.50 bits per heavy atom. The molecule has 4 nitrogen and oxygen atoms in total. The normalized spacial score (nSPS) is 18.0. The molecule has 4 heteroatoms. The van der Waals surface area contributed by atoms with Gasteiger partial charge in [-0.1, -0.05) is 54.6 Å². The number of phenols is 1. The zero-order valence-corrected chi connectivity index (χ0v) is 16.4. The third-order valence-corrected chi connectivity index (χ3v) is 5.67. The monoisotopic (exact) mass is 396 g/mol. The fourth-order valence-corrected chi connectivity index (χ4v) is 4.29. The molecule has 0 aliphatic carbocycles. The Kier molecular flexibility index (Phi) is 4.40. The fourth-order valence-electron chi connectivity index (χ4n) is 4.29. The standard InChI is InChI=1S/C26H20O4/c1-29-22-11-4-2-8-19(22)24-25(28)20-9-3-5-12-23(20)30-26(24)18-10-6-7-16-13-14-17(27)15-21(16)18/h2-15,24,26-27H,1H3. The Balaban J connectivity index is 1.77. The molecule has 4 aromatic rings. The fraction of sp³-hybridized carbons (Fsp3) is 0.115. The Bertz CT molecular complexity index is 1260. The second-order valence-electron chi connectivity index (χ2n) is 7.37. The number of hydrogen-bond donors (Lipinski definition) is 1. The van der Waals surface area contributed by atoms with E-state index >= 15 is 0 Å². The maximum atomic E-state index is 13.7. The lowest BCUT2D eigenvalue weighted by molar-refractivity contribution is 0.0780. The number of aromatic hydroxyl groups is 1. The molecule has 0 amide bonds. The van der Waals surface area contributed by atoms with E-state index in [4.69, 9.17) is 9.47 Å². The zero-order valence-electron chi connectivity index (χ0n) is 16.4. The Morgan fingerprint density at radius 1 is 0.867 bits per heavy atom. The molecule has 0 spiro atoms. The molecule has 0 saturated heterocycles. The summed E-state index contributed by atoms with van der Waals surface area (Å²) in [5, 5.41) is 11.9. The quantitative estimate of drug-likeness (QED) is 0.486. The summed E-state index contributed by atoms with van der Waals surface area (Å²) in [7, 11) is 1.60. The number of carbonyl (C=O) groups excluding carboxylic acids is 1. The highest BCUT2D eigenvalue weighted by Crippen LogP contribution is 2.47. The van der Waals surface area contributed by atoms with Crippen molar-refractivity contribution in [2.45, 2.75) is 12.0 Å². The number of phenolic OH excluding ortho intramolecular Hbond substituents is 1. The highest BCUT2D eigenvalue weighted by Gasteiger charge is 2.41. The number of fused-ring (bicyclic) bond motifs is 2. The first-order valence-corrected chi connectivity index (χ1v) is 9.82. The van der Waals surface area contributed by atoms with Crippen LogP contribution in [0.25, 0.3) is 10.8 Å². The van der Waals surface area contributed by atoms with E-state index in [1.165, 1.54) is 0 Å². The van der Waals surface area contributed by atoms with Crippen molar-refractivity contribution >= 4 is 16.6 Å². The van der Waals surface area contributed by atoms with Crippen LogP contribution in [0, 0.1) is 0 Å². The summed E-state index contributed by atoms with van der Waals surface area (Å²) in [6, 6.07) is 26.0. The van der Waals surface area contributed by atoms with Crippen molar-refractivity contribution in [2.24, 2.45) is 0 Å². The van der Waals surface area contributed by atoms with Crippen LogP contribution >= 0.6 is 0 Å². The molecule has 0 fully saturated rings. The molecule has 4 aromatic carbocycles. The molecule has 0 aromatic heterocycles. The number of rotatable bonds is 3. The molecule has 5 rings (SSSR count). The van der Waals surface area contributed by atoms with Gasteiger partial charge in [0, 0.05) is 11.1 Å². The molecular formula is C26H20O4. The maximum Gasteiger partial charge on any atom is 0.178 e. The van der Waals surface area contributed by atoms with Gasteiger partial charge in [-0.15, -0.1) is 0 Å². The van der Waals surface area contributed by atoms with Crippen LogP contribution in [0.5, 0.6) is 17.2 Å². The van der Waals surface area contributed by atoms with E-state index in [9.17, 15) is 9.90 Å². The van der Waals surface area contributed by atoms with E-state index in [0.717, 1.165) is 21.9 Å². The molecule has 2 unspecified atom stereocenters. The third-order valence-electron chi connectivity index (χ3n) is 5.67. The van der Waals surface area contributed by atoms with Gasteiger partial charge in [0.05, 0.1) is 18.6 Å². The Labute approximate surface area is 174 Å². The topological polar surface area (TPSA) is 55.8 Å². The van der Waals surface area contributed by atoms with Gasteiger partial charge in [0.1, 0.15) is 23.4 Å². The Morgan fingerprint density at radius 2 is 1.63 bits per heavy atom. The number of Topliss-reactive ketones (excluding diaryl/α,β-unsaturated/α-hetero) is 1. The number of carbonyl (C=O) groups is 1. The molecule has 0 saturated carbocycles. The molecular weight excluding hydrogens is 376 g/mol. The molecule has 148 valence electrons. The number of para-hydroxylation sites is 2. The van der Waals surface area contributed by atoms with Gasteiger partial charge >= 0.3 is 0 Å². The van der Waals surface area contributed by atoms with Crippen LogP contribution in [0.1, 0.15) is 33.5 Å². The summed E-state index contributed by atoms with van der Waals surface area (Å²) >= 11 is 0. The predicted octanol–water partition coefficient (Wildman–Crippen LogP) is 5.65. The number of hydrogen-bond acceptors (Lipinski definition) is 4. The van der Waals surface area contributed by atoms with Crippen molar-refractivity contribution in [1.29, 1.82) is 0 Å². The van der Waals surface area contributed by atoms with Gasteiger partial charge < -0.3 is 14.6 Å². The van der Waals surface area contributed by atoms with Gasteiger partial charge in [-0.05, 0) is 41.1 Å². The van der Waals surface area contributed by atoms with Crippen molar-refractivity contribution in [3.8, 4) is 17.2 Å². The first kappa shape index (κ1) is 18.3. The van der Waals surface area contributed by atoms with E-state index in [1.807, 2.05) is 66.7 Å². The summed E-state index contributed by atoms with van der Waals surface area (Å²) in [4.78, 5) is 13.7. The van der Waals surface area contributed by atoms with Crippen LogP contribution in [0.2, 0.25) is 0 Å². The van der Waals surface area contributed by atoms with Gasteiger partial charge in [-0.2, -0.15) is 0 Å². The smallest absolute Gasteiger partial charge is 0.178 e. The molecule has 1 aliphatic rings. The number of ketones is 1. The predicted molar refractivity (Wildman–Crippen MR) is 115 cm³/mol. The highest BCUT2D eigenvalue weighted by atomic mass is 16.5. The second-order valence-corrected chi connectivity index (χ2v) is 7.37. The van der Waals surface area contributed by atoms with Gasteiger partial charge in [0.25, 0.3) is 0 Å². The third kappa shape index (κ3) is 2.89. The summed E-state index contributed by atoms with van der Waals surface area (Å²) < 4.78 is 12.0. The van der Waals surface area contributed by atoms with E-state index in [1.54, 1.807) is 25.3 Å². The van der Waals surface area contributed by atoms with E-state index < -0.39 is 12.0 Å². The van der Waals surface area contributed by atoms with Crippen LogP contribution in [-0.2, 0) is 0 Å². The van der Waals surface area contributed by atoms with Crippen molar-refractivity contribution in [3.05, 3.63) is 102 Å². The van der Waals surface area contributed by atoms with Crippen molar-refractivity contribution in [1.82, 2.24) is 0 Å². The second kappa shape index (κ2) is 7.23. The zero-order chi connectivity index (χ0) is 20.7. The van der Waals surface area contributed by atoms with E-state index in [2.05, 4.69) is 0 Å². The van der Waals surface area contributed by atoms with Crippen molar-refractivity contribution < 1.29 is 19.4 Å². The van der Waals surface area contributed by atoms with Gasteiger partial charge in [0.15, 0.2) is 5.78 Å². The average molecular weight is 396 g/mol. The minimum absolute atomic E-state index is 0.0106. The largest absolute Gasteiger partial charge is 0.508 e. The maximum absolute atomic E-state index is 13.7. The minimum Gasteiger partial charge on any atom is -0.508 e. The van der Waals surface area contributed by atoms with Gasteiger partial charge in [-0.25, -0.2) is 0 Å². The SMILES string of the molecule is COc1ccccc1C1C(=O)c2ccccc2OC1c1cccc2ccc(O)cc12. The van der Waals surface area contributed by atoms with E-state index in [-0.39, 0.29) is 11.5 Å². The lowest BCUT2D eigenvalue weighted by Gasteiger charge is -2.34. The Hall–Kier alpha value is -3.79. The van der Waals surface area contributed by atoms with Gasteiger partial charge in [0.2, 0.25) is 0 Å². The summed E-state index contributed by atoms with van der Waals surface area (Å²) in [5.74, 6) is 0.793. The minimum atomic E-state index is -0.580. The van der Waals surface area contributed by atoms with Crippen LogP contribution in [0.4, 0.5) is 0 Å². The molecule has 0 radical (unpaired) electrons. The summed E-state index contributed by atoms with van der Waals surface area (Å²) in [5.41, 5.74) is 2.19.